The zero-order valence-corrected chi connectivity index (χ0v) is 18.5. The normalized spacial score (nSPS) is 24.4. The van der Waals surface area contributed by atoms with E-state index in [1.165, 1.54) is 24.8 Å². The van der Waals surface area contributed by atoms with Crippen molar-refractivity contribution in [2.45, 2.75) is 70.8 Å². The standard InChI is InChI=1S/C25H36N2O3/c1-18(2)19-8-10-20(11-9-19)24(29)27-16-22(25(17-27)12-14-30-15-13-25)23(28)26-21-6-4-3-5-7-21/h8-11,18,21-22H,3-7,12-17H2,1-2H3,(H,26,28). The maximum absolute atomic E-state index is 13.3. The van der Waals surface area contributed by atoms with Gasteiger partial charge in [0, 0.05) is 43.3 Å². The van der Waals surface area contributed by atoms with Gasteiger partial charge < -0.3 is 15.0 Å². The Bertz CT molecular complexity index is 746. The van der Waals surface area contributed by atoms with Gasteiger partial charge in [-0.15, -0.1) is 0 Å². The Morgan fingerprint density at radius 3 is 2.37 bits per heavy atom. The number of carbonyl (C=O) groups excluding carboxylic acids is 2. The number of likely N-dealkylation sites (tertiary alicyclic amines) is 1. The van der Waals surface area contributed by atoms with Crippen LogP contribution in [0.15, 0.2) is 24.3 Å². The molecule has 2 aliphatic heterocycles. The van der Waals surface area contributed by atoms with Crippen molar-refractivity contribution in [1.29, 1.82) is 0 Å². The SMILES string of the molecule is CC(C)c1ccc(C(=O)N2CC(C(=O)NC3CCCCC3)C3(CCOCC3)C2)cc1. The highest BCUT2D eigenvalue weighted by molar-refractivity contribution is 5.95. The number of rotatable bonds is 4. The zero-order chi connectivity index (χ0) is 21.1. The number of hydrogen-bond donors (Lipinski definition) is 1. The van der Waals surface area contributed by atoms with Crippen LogP contribution in [0.25, 0.3) is 0 Å². The fourth-order valence-corrected chi connectivity index (χ4v) is 5.51. The molecule has 30 heavy (non-hydrogen) atoms. The zero-order valence-electron chi connectivity index (χ0n) is 18.5. The van der Waals surface area contributed by atoms with Crippen LogP contribution >= 0.6 is 0 Å². The lowest BCUT2D eigenvalue weighted by Crippen LogP contribution is -2.47. The van der Waals surface area contributed by atoms with Crippen LogP contribution in [0, 0.1) is 11.3 Å². The predicted octanol–water partition coefficient (Wildman–Crippen LogP) is 4.13. The van der Waals surface area contributed by atoms with Gasteiger partial charge in [-0.2, -0.15) is 0 Å². The van der Waals surface area contributed by atoms with E-state index in [1.54, 1.807) is 0 Å². The first-order chi connectivity index (χ1) is 14.5. The Kier molecular flexibility index (Phi) is 6.47. The van der Waals surface area contributed by atoms with E-state index in [0.29, 0.717) is 38.3 Å². The van der Waals surface area contributed by atoms with Gasteiger partial charge in [-0.3, -0.25) is 9.59 Å². The summed E-state index contributed by atoms with van der Waals surface area (Å²) in [5, 5.41) is 3.33. The predicted molar refractivity (Wildman–Crippen MR) is 117 cm³/mol. The molecule has 4 rings (SSSR count). The average molecular weight is 413 g/mol. The van der Waals surface area contributed by atoms with Crippen LogP contribution in [0.4, 0.5) is 0 Å². The average Bonchev–Trinajstić information content (AvgIpc) is 3.13. The molecular formula is C25H36N2O3. The fraction of sp³-hybridized carbons (Fsp3) is 0.680. The van der Waals surface area contributed by atoms with Gasteiger partial charge in [0.1, 0.15) is 0 Å². The molecule has 164 valence electrons. The molecule has 1 aliphatic carbocycles. The third-order valence-electron chi connectivity index (χ3n) is 7.52. The molecule has 0 bridgehead atoms. The molecule has 1 spiro atoms. The number of amides is 2. The summed E-state index contributed by atoms with van der Waals surface area (Å²) < 4.78 is 5.61. The smallest absolute Gasteiger partial charge is 0.253 e. The van der Waals surface area contributed by atoms with E-state index >= 15 is 0 Å². The van der Waals surface area contributed by atoms with Gasteiger partial charge in [-0.05, 0) is 49.3 Å². The van der Waals surface area contributed by atoms with Crippen LogP contribution in [0.3, 0.4) is 0 Å². The molecule has 1 aromatic rings. The summed E-state index contributed by atoms with van der Waals surface area (Å²) in [5.41, 5.74) is 1.80. The number of carbonyl (C=O) groups is 2. The van der Waals surface area contributed by atoms with E-state index in [1.807, 2.05) is 29.2 Å². The highest BCUT2D eigenvalue weighted by Gasteiger charge is 2.52. The monoisotopic (exact) mass is 412 g/mol. The van der Waals surface area contributed by atoms with Crippen LogP contribution in [0.1, 0.15) is 80.6 Å². The van der Waals surface area contributed by atoms with E-state index in [2.05, 4.69) is 19.2 Å². The summed E-state index contributed by atoms with van der Waals surface area (Å²) in [4.78, 5) is 28.5. The number of benzene rings is 1. The van der Waals surface area contributed by atoms with Crippen LogP contribution in [0.5, 0.6) is 0 Å². The van der Waals surface area contributed by atoms with Crippen molar-refractivity contribution in [3.8, 4) is 0 Å². The molecule has 1 saturated carbocycles. The summed E-state index contributed by atoms with van der Waals surface area (Å²) in [5.74, 6) is 0.500. The molecule has 0 aromatic heterocycles. The van der Waals surface area contributed by atoms with Crippen molar-refractivity contribution in [2.24, 2.45) is 11.3 Å². The quantitative estimate of drug-likeness (QED) is 0.809. The first-order valence-electron chi connectivity index (χ1n) is 11.8. The van der Waals surface area contributed by atoms with Gasteiger partial charge in [0.2, 0.25) is 5.91 Å². The van der Waals surface area contributed by atoms with Gasteiger partial charge >= 0.3 is 0 Å². The van der Waals surface area contributed by atoms with E-state index in [-0.39, 0.29) is 23.1 Å². The third kappa shape index (κ3) is 4.41. The second-order valence-corrected chi connectivity index (χ2v) is 9.83. The van der Waals surface area contributed by atoms with Gasteiger partial charge in [0.25, 0.3) is 5.91 Å². The van der Waals surface area contributed by atoms with Crippen LogP contribution < -0.4 is 5.32 Å². The molecule has 5 nitrogen and oxygen atoms in total. The van der Waals surface area contributed by atoms with Gasteiger partial charge in [0.15, 0.2) is 0 Å². The van der Waals surface area contributed by atoms with Crippen molar-refractivity contribution in [2.75, 3.05) is 26.3 Å². The maximum Gasteiger partial charge on any atom is 0.253 e. The van der Waals surface area contributed by atoms with Crippen molar-refractivity contribution >= 4 is 11.8 Å². The summed E-state index contributed by atoms with van der Waals surface area (Å²) in [6.07, 6.45) is 7.54. The molecular weight excluding hydrogens is 376 g/mol. The summed E-state index contributed by atoms with van der Waals surface area (Å²) >= 11 is 0. The molecule has 0 radical (unpaired) electrons. The summed E-state index contributed by atoms with van der Waals surface area (Å²) in [7, 11) is 0. The Morgan fingerprint density at radius 2 is 1.73 bits per heavy atom. The largest absolute Gasteiger partial charge is 0.381 e. The summed E-state index contributed by atoms with van der Waals surface area (Å²) in [6.45, 7) is 6.84. The lowest BCUT2D eigenvalue weighted by atomic mass is 9.71. The molecule has 2 heterocycles. The molecule has 1 N–H and O–H groups in total. The molecule has 2 amide bonds. The Hall–Kier alpha value is -1.88. The van der Waals surface area contributed by atoms with Gasteiger partial charge in [-0.25, -0.2) is 0 Å². The van der Waals surface area contributed by atoms with Crippen molar-refractivity contribution < 1.29 is 14.3 Å². The molecule has 1 aromatic carbocycles. The van der Waals surface area contributed by atoms with Crippen molar-refractivity contribution in [3.63, 3.8) is 0 Å². The van der Waals surface area contributed by atoms with Crippen LogP contribution in [0.2, 0.25) is 0 Å². The molecule has 1 unspecified atom stereocenters. The Balaban J connectivity index is 1.50. The first kappa shape index (κ1) is 21.4. The third-order valence-corrected chi connectivity index (χ3v) is 7.52. The van der Waals surface area contributed by atoms with E-state index in [4.69, 9.17) is 4.74 Å². The Labute approximate surface area is 180 Å². The molecule has 1 atom stereocenters. The molecule has 2 saturated heterocycles. The van der Waals surface area contributed by atoms with Crippen molar-refractivity contribution in [3.05, 3.63) is 35.4 Å². The van der Waals surface area contributed by atoms with Gasteiger partial charge in [0.05, 0.1) is 5.92 Å². The molecule has 5 heteroatoms. The van der Waals surface area contributed by atoms with Crippen LogP contribution in [-0.2, 0) is 9.53 Å². The second-order valence-electron chi connectivity index (χ2n) is 9.83. The molecule has 3 aliphatic rings. The lowest BCUT2D eigenvalue weighted by molar-refractivity contribution is -0.130. The van der Waals surface area contributed by atoms with E-state index in [0.717, 1.165) is 31.2 Å². The van der Waals surface area contributed by atoms with Gasteiger partial charge in [-0.1, -0.05) is 45.2 Å². The second kappa shape index (κ2) is 9.09. The topological polar surface area (TPSA) is 58.6 Å². The number of nitrogens with zero attached hydrogens (tertiary/aromatic N) is 1. The maximum atomic E-state index is 13.3. The number of nitrogens with one attached hydrogen (secondary N) is 1. The summed E-state index contributed by atoms with van der Waals surface area (Å²) in [6, 6.07) is 8.26. The van der Waals surface area contributed by atoms with Crippen molar-refractivity contribution in [1.82, 2.24) is 10.2 Å². The fourth-order valence-electron chi connectivity index (χ4n) is 5.51. The lowest BCUT2D eigenvalue weighted by Gasteiger charge is -2.37. The number of ether oxygens (including phenoxy) is 1. The van der Waals surface area contributed by atoms with Crippen LogP contribution in [-0.4, -0.2) is 49.1 Å². The highest BCUT2D eigenvalue weighted by Crippen LogP contribution is 2.45. The highest BCUT2D eigenvalue weighted by atomic mass is 16.5. The minimum atomic E-state index is -0.148. The minimum absolute atomic E-state index is 0.0455. The van der Waals surface area contributed by atoms with E-state index < -0.39 is 0 Å². The minimum Gasteiger partial charge on any atom is -0.381 e. The first-order valence-corrected chi connectivity index (χ1v) is 11.8. The molecule has 3 fully saturated rings. The van der Waals surface area contributed by atoms with E-state index in [9.17, 15) is 9.59 Å². The Morgan fingerprint density at radius 1 is 1.07 bits per heavy atom. The number of hydrogen-bond acceptors (Lipinski definition) is 3.